The fourth-order valence-corrected chi connectivity index (χ4v) is 3.14. The number of nitrogens with one attached hydrogen (secondary N) is 3. The number of carbonyl (C=O) groups is 1. The number of rotatable bonds is 6. The first-order valence-corrected chi connectivity index (χ1v) is 8.91. The number of aromatic nitrogens is 2. The molecular weight excluding hydrogens is 349 g/mol. The van der Waals surface area contributed by atoms with Crippen LogP contribution in [0.25, 0.3) is 0 Å². The first-order valence-electron chi connectivity index (χ1n) is 8.91. The minimum absolute atomic E-state index is 0.0383. The van der Waals surface area contributed by atoms with Gasteiger partial charge >= 0.3 is 0 Å². The van der Waals surface area contributed by atoms with E-state index in [0.29, 0.717) is 11.5 Å². The maximum absolute atomic E-state index is 14.5. The number of carbonyl (C=O) groups excluding carboxylic acids is 1. The van der Waals surface area contributed by atoms with E-state index in [2.05, 4.69) is 25.9 Å². The van der Waals surface area contributed by atoms with Gasteiger partial charge in [0.25, 0.3) is 5.91 Å². The molecule has 1 aliphatic rings. The average Bonchev–Trinajstić information content (AvgIpc) is 2.66. The molecule has 1 saturated carbocycles. The number of nitrogens with two attached hydrogens (primary N) is 2. The molecule has 0 bridgehead atoms. The smallest absolute Gasteiger partial charge is 0.252 e. The maximum Gasteiger partial charge on any atom is 0.252 e. The number of halogens is 1. The first-order chi connectivity index (χ1) is 13.0. The molecule has 0 unspecified atom stereocenters. The zero-order chi connectivity index (χ0) is 19.4. The SMILES string of the molecule is CNc1ccc(Nc2nc(N[C@@H]3CCCC[C@@H]3N)c(F)cc2C(N)=O)cn1. The van der Waals surface area contributed by atoms with Crippen LogP contribution in [0.3, 0.4) is 0 Å². The molecule has 2 aromatic rings. The number of hydrogen-bond donors (Lipinski definition) is 5. The molecule has 8 nitrogen and oxygen atoms in total. The Bertz CT molecular complexity index is 812. The van der Waals surface area contributed by atoms with Crippen LogP contribution in [0.2, 0.25) is 0 Å². The molecule has 144 valence electrons. The van der Waals surface area contributed by atoms with Gasteiger partial charge in [-0.1, -0.05) is 12.8 Å². The van der Waals surface area contributed by atoms with Crippen LogP contribution < -0.4 is 27.4 Å². The Morgan fingerprint density at radius 2 is 2.04 bits per heavy atom. The predicted octanol–water partition coefficient (Wildman–Crippen LogP) is 2.18. The molecule has 7 N–H and O–H groups in total. The Balaban J connectivity index is 1.89. The summed E-state index contributed by atoms with van der Waals surface area (Å²) in [4.78, 5) is 20.2. The van der Waals surface area contributed by atoms with Crippen molar-refractivity contribution in [1.29, 1.82) is 0 Å². The van der Waals surface area contributed by atoms with Gasteiger partial charge in [-0.2, -0.15) is 0 Å². The average molecular weight is 373 g/mol. The van der Waals surface area contributed by atoms with Crippen LogP contribution in [0.1, 0.15) is 36.0 Å². The maximum atomic E-state index is 14.5. The molecule has 0 saturated heterocycles. The fraction of sp³-hybridized carbons (Fsp3) is 0.389. The highest BCUT2D eigenvalue weighted by Gasteiger charge is 2.24. The summed E-state index contributed by atoms with van der Waals surface area (Å²) in [6, 6.07) is 4.48. The highest BCUT2D eigenvalue weighted by Crippen LogP contribution is 2.26. The van der Waals surface area contributed by atoms with Crippen molar-refractivity contribution in [2.24, 2.45) is 11.5 Å². The number of anilines is 4. The molecule has 2 heterocycles. The van der Waals surface area contributed by atoms with Crippen LogP contribution in [0, 0.1) is 5.82 Å². The van der Waals surface area contributed by atoms with Crippen LogP contribution >= 0.6 is 0 Å². The van der Waals surface area contributed by atoms with Crippen molar-refractivity contribution < 1.29 is 9.18 Å². The molecule has 27 heavy (non-hydrogen) atoms. The van der Waals surface area contributed by atoms with Gasteiger partial charge < -0.3 is 27.4 Å². The summed E-state index contributed by atoms with van der Waals surface area (Å²) in [6.45, 7) is 0. The summed E-state index contributed by atoms with van der Waals surface area (Å²) in [6.07, 6.45) is 5.40. The third kappa shape index (κ3) is 4.43. The molecule has 1 aliphatic carbocycles. The molecule has 0 aromatic carbocycles. The van der Waals surface area contributed by atoms with E-state index in [9.17, 15) is 9.18 Å². The lowest BCUT2D eigenvalue weighted by Crippen LogP contribution is -2.43. The zero-order valence-electron chi connectivity index (χ0n) is 15.1. The number of nitrogens with zero attached hydrogens (tertiary/aromatic N) is 2. The molecule has 2 atom stereocenters. The summed E-state index contributed by atoms with van der Waals surface area (Å²) >= 11 is 0. The van der Waals surface area contributed by atoms with Crippen LogP contribution in [-0.2, 0) is 0 Å². The van der Waals surface area contributed by atoms with Gasteiger partial charge in [-0.05, 0) is 31.0 Å². The van der Waals surface area contributed by atoms with E-state index in [1.165, 1.54) is 0 Å². The van der Waals surface area contributed by atoms with E-state index >= 15 is 0 Å². The molecule has 0 radical (unpaired) electrons. The van der Waals surface area contributed by atoms with E-state index < -0.39 is 11.7 Å². The third-order valence-electron chi connectivity index (χ3n) is 4.67. The minimum atomic E-state index is -0.773. The van der Waals surface area contributed by atoms with Crippen LogP contribution in [-0.4, -0.2) is 35.0 Å². The second-order valence-corrected chi connectivity index (χ2v) is 6.59. The number of hydrogen-bond acceptors (Lipinski definition) is 7. The number of primary amides is 1. The van der Waals surface area contributed by atoms with Crippen molar-refractivity contribution in [3.63, 3.8) is 0 Å². The monoisotopic (exact) mass is 373 g/mol. The van der Waals surface area contributed by atoms with Crippen molar-refractivity contribution in [2.75, 3.05) is 23.0 Å². The highest BCUT2D eigenvalue weighted by molar-refractivity contribution is 5.98. The van der Waals surface area contributed by atoms with Gasteiger partial charge in [-0.15, -0.1) is 0 Å². The Labute approximate surface area is 156 Å². The van der Waals surface area contributed by atoms with Gasteiger partial charge in [-0.25, -0.2) is 14.4 Å². The van der Waals surface area contributed by atoms with Gasteiger partial charge in [-0.3, -0.25) is 4.79 Å². The lowest BCUT2D eigenvalue weighted by atomic mass is 9.91. The molecule has 0 spiro atoms. The molecule has 0 aliphatic heterocycles. The van der Waals surface area contributed by atoms with E-state index in [4.69, 9.17) is 11.5 Å². The van der Waals surface area contributed by atoms with Crippen LogP contribution in [0.5, 0.6) is 0 Å². The van der Waals surface area contributed by atoms with Crippen LogP contribution in [0.15, 0.2) is 24.4 Å². The van der Waals surface area contributed by atoms with Crippen molar-refractivity contribution in [2.45, 2.75) is 37.8 Å². The summed E-state index contributed by atoms with van der Waals surface area (Å²) in [5, 5.41) is 8.98. The predicted molar refractivity (Wildman–Crippen MR) is 104 cm³/mol. The Morgan fingerprint density at radius 3 is 2.67 bits per heavy atom. The van der Waals surface area contributed by atoms with Gasteiger partial charge in [0.15, 0.2) is 11.6 Å². The molecule has 1 amide bonds. The normalized spacial score (nSPS) is 19.4. The highest BCUT2D eigenvalue weighted by atomic mass is 19.1. The largest absolute Gasteiger partial charge is 0.373 e. The van der Waals surface area contributed by atoms with E-state index in [1.54, 1.807) is 25.4 Å². The summed E-state index contributed by atoms with van der Waals surface area (Å²) in [5.41, 5.74) is 12.1. The number of amides is 1. The summed E-state index contributed by atoms with van der Waals surface area (Å²) < 4.78 is 14.5. The lowest BCUT2D eigenvalue weighted by Gasteiger charge is -2.30. The molecule has 9 heteroatoms. The van der Waals surface area contributed by atoms with Crippen LogP contribution in [0.4, 0.5) is 27.5 Å². The lowest BCUT2D eigenvalue weighted by molar-refractivity contribution is 0.100. The molecule has 1 fully saturated rings. The Hall–Kier alpha value is -2.94. The van der Waals surface area contributed by atoms with Crippen molar-refractivity contribution in [3.05, 3.63) is 35.8 Å². The summed E-state index contributed by atoms with van der Waals surface area (Å²) in [7, 11) is 1.76. The molecular formula is C18H24FN7O. The Morgan fingerprint density at radius 1 is 1.26 bits per heavy atom. The van der Waals surface area contributed by atoms with Gasteiger partial charge in [0.05, 0.1) is 17.4 Å². The van der Waals surface area contributed by atoms with Crippen molar-refractivity contribution in [3.8, 4) is 0 Å². The summed E-state index contributed by atoms with van der Waals surface area (Å²) in [5.74, 6) is -0.517. The van der Waals surface area contributed by atoms with Gasteiger partial charge in [0, 0.05) is 19.1 Å². The minimum Gasteiger partial charge on any atom is -0.373 e. The third-order valence-corrected chi connectivity index (χ3v) is 4.67. The van der Waals surface area contributed by atoms with Gasteiger partial charge in [0.2, 0.25) is 0 Å². The second kappa shape index (κ2) is 8.17. The fourth-order valence-electron chi connectivity index (χ4n) is 3.14. The quantitative estimate of drug-likeness (QED) is 0.524. The molecule has 2 aromatic heterocycles. The topological polar surface area (TPSA) is 131 Å². The Kier molecular flexibility index (Phi) is 5.70. The second-order valence-electron chi connectivity index (χ2n) is 6.59. The van der Waals surface area contributed by atoms with E-state index in [0.717, 1.165) is 31.7 Å². The van der Waals surface area contributed by atoms with Crippen molar-refractivity contribution in [1.82, 2.24) is 9.97 Å². The first kappa shape index (κ1) is 18.8. The van der Waals surface area contributed by atoms with E-state index in [-0.39, 0.29) is 29.3 Å². The molecule has 3 rings (SSSR count). The van der Waals surface area contributed by atoms with E-state index in [1.807, 2.05) is 0 Å². The zero-order valence-corrected chi connectivity index (χ0v) is 15.1. The standard InChI is InChI=1S/C18H24FN7O/c1-22-15-7-6-10(9-23-15)24-17-11(16(21)27)8-12(19)18(26-17)25-14-5-3-2-4-13(14)20/h6-9,13-14H,2-5,20H2,1H3,(H2,21,27)(H,22,23)(H2,24,25,26)/t13-,14+/m0/s1. The van der Waals surface area contributed by atoms with Crippen molar-refractivity contribution >= 4 is 29.0 Å². The number of pyridine rings is 2. The van der Waals surface area contributed by atoms with Gasteiger partial charge in [0.1, 0.15) is 11.6 Å².